The number of nitro groups is 1. The Balaban J connectivity index is 2.21. The van der Waals surface area contributed by atoms with E-state index < -0.39 is 17.4 Å². The summed E-state index contributed by atoms with van der Waals surface area (Å²) in [5, 5.41) is 25.7. The lowest BCUT2D eigenvalue weighted by atomic mass is 10.2. The van der Waals surface area contributed by atoms with Crippen LogP contribution in [0.3, 0.4) is 0 Å². The normalized spacial score (nSPS) is 10.8. The number of hydrogen-bond acceptors (Lipinski definition) is 6. The van der Waals surface area contributed by atoms with Crippen LogP contribution in [0.15, 0.2) is 47.7 Å². The van der Waals surface area contributed by atoms with Gasteiger partial charge < -0.3 is 9.94 Å². The molecule has 25 heavy (non-hydrogen) atoms. The van der Waals surface area contributed by atoms with E-state index in [1.165, 1.54) is 18.2 Å². The summed E-state index contributed by atoms with van der Waals surface area (Å²) in [7, 11) is 0. The Kier molecular flexibility index (Phi) is 5.50. The van der Waals surface area contributed by atoms with Gasteiger partial charge in [-0.3, -0.25) is 14.9 Å². The second kappa shape index (κ2) is 7.77. The third-order valence-corrected chi connectivity index (χ3v) is 2.85. The minimum absolute atomic E-state index is 0.155. The highest BCUT2D eigenvalue weighted by atomic mass is 19.3. The molecular weight excluding hydrogens is 342 g/mol. The molecule has 0 spiro atoms. The fourth-order valence-electron chi connectivity index (χ4n) is 1.78. The predicted molar refractivity (Wildman–Crippen MR) is 80.2 cm³/mol. The van der Waals surface area contributed by atoms with E-state index in [9.17, 15) is 28.9 Å². The summed E-state index contributed by atoms with van der Waals surface area (Å²) in [6.45, 7) is -3.15. The molecule has 1 amide bonds. The number of nitro benzene ring substituents is 1. The predicted octanol–water partition coefficient (Wildman–Crippen LogP) is 1.59. The fourth-order valence-corrected chi connectivity index (χ4v) is 1.78. The Hall–Kier alpha value is -3.63. The third kappa shape index (κ3) is 4.67. The molecule has 9 nitrogen and oxygen atoms in total. The van der Waals surface area contributed by atoms with E-state index in [4.69, 9.17) is 0 Å². The number of alkyl halides is 2. The second-order valence-electron chi connectivity index (χ2n) is 4.47. The lowest BCUT2D eigenvalue weighted by Crippen LogP contribution is -2.37. The van der Waals surface area contributed by atoms with Gasteiger partial charge in [-0.05, 0) is 12.1 Å². The molecule has 2 aromatic rings. The summed E-state index contributed by atoms with van der Waals surface area (Å²) >= 11 is 0. The number of pyridine rings is 1. The van der Waals surface area contributed by atoms with E-state index in [1.807, 2.05) is 5.43 Å². The van der Waals surface area contributed by atoms with Gasteiger partial charge in [-0.1, -0.05) is 0 Å². The van der Waals surface area contributed by atoms with Crippen LogP contribution >= 0.6 is 0 Å². The first-order valence-corrected chi connectivity index (χ1v) is 6.63. The topological polar surface area (TPSA) is 121 Å². The van der Waals surface area contributed by atoms with Gasteiger partial charge in [0, 0.05) is 29.8 Å². The van der Waals surface area contributed by atoms with Crippen molar-refractivity contribution in [3.63, 3.8) is 0 Å². The molecule has 130 valence electrons. The molecule has 0 saturated carbocycles. The minimum atomic E-state index is -3.15. The molecule has 1 heterocycles. The number of nitrogens with one attached hydrogen (secondary N) is 1. The van der Waals surface area contributed by atoms with Crippen molar-refractivity contribution in [2.24, 2.45) is 5.10 Å². The molecule has 1 N–H and O–H groups in total. The standard InChI is InChI=1S/C14H10F2N4O5/c15-14(16)25-12-5-4-10(20(23)24)7-9(12)8-17-18-13(21)11-3-1-2-6-19(11)22/h1-8,14H,(H,18,21). The molecule has 0 atom stereocenters. The molecule has 1 aromatic heterocycles. The molecule has 0 aliphatic heterocycles. The first-order chi connectivity index (χ1) is 11.9. The molecule has 0 radical (unpaired) electrons. The quantitative estimate of drug-likeness (QED) is 0.278. The summed E-state index contributed by atoms with van der Waals surface area (Å²) in [5.41, 5.74) is 1.23. The highest BCUT2D eigenvalue weighted by Gasteiger charge is 2.15. The van der Waals surface area contributed by atoms with Crippen molar-refractivity contribution in [3.05, 3.63) is 69.2 Å². The highest BCUT2D eigenvalue weighted by Crippen LogP contribution is 2.24. The number of nitrogens with zero attached hydrogens (tertiary/aromatic N) is 3. The van der Waals surface area contributed by atoms with Crippen molar-refractivity contribution in [3.8, 4) is 5.75 Å². The van der Waals surface area contributed by atoms with Gasteiger partial charge in [-0.15, -0.1) is 0 Å². The maximum absolute atomic E-state index is 12.4. The van der Waals surface area contributed by atoms with Crippen LogP contribution in [0.25, 0.3) is 0 Å². The Bertz CT molecular complexity index is 829. The fraction of sp³-hybridized carbons (Fsp3) is 0.0714. The largest absolute Gasteiger partial charge is 0.618 e. The van der Waals surface area contributed by atoms with Crippen LogP contribution in [0.4, 0.5) is 14.5 Å². The number of hydrazone groups is 1. The van der Waals surface area contributed by atoms with Gasteiger partial charge in [0.15, 0.2) is 6.20 Å². The molecule has 0 aliphatic carbocycles. The Morgan fingerprint density at radius 2 is 2.12 bits per heavy atom. The van der Waals surface area contributed by atoms with Crippen molar-refractivity contribution >= 4 is 17.8 Å². The van der Waals surface area contributed by atoms with E-state index >= 15 is 0 Å². The molecule has 1 aromatic carbocycles. The van der Waals surface area contributed by atoms with Crippen LogP contribution in [-0.2, 0) is 0 Å². The van der Waals surface area contributed by atoms with Crippen molar-refractivity contribution in [1.82, 2.24) is 5.43 Å². The number of halogens is 2. The highest BCUT2D eigenvalue weighted by molar-refractivity contribution is 5.92. The summed E-state index contributed by atoms with van der Waals surface area (Å²) in [5.74, 6) is -1.22. The molecular formula is C14H10F2N4O5. The average molecular weight is 352 g/mol. The summed E-state index contributed by atoms with van der Waals surface area (Å²) in [6, 6.07) is 7.04. The van der Waals surface area contributed by atoms with Gasteiger partial charge in [0.1, 0.15) is 5.75 Å². The van der Waals surface area contributed by atoms with E-state index in [1.54, 1.807) is 0 Å². The van der Waals surface area contributed by atoms with E-state index in [2.05, 4.69) is 9.84 Å². The molecule has 11 heteroatoms. The number of carbonyl (C=O) groups excluding carboxylic acids is 1. The smallest absolute Gasteiger partial charge is 0.387 e. The van der Waals surface area contributed by atoms with Crippen LogP contribution in [0.5, 0.6) is 5.75 Å². The minimum Gasteiger partial charge on any atom is -0.618 e. The van der Waals surface area contributed by atoms with Crippen molar-refractivity contribution in [1.29, 1.82) is 0 Å². The number of amides is 1. The summed E-state index contributed by atoms with van der Waals surface area (Å²) in [4.78, 5) is 21.8. The first-order valence-electron chi connectivity index (χ1n) is 6.63. The summed E-state index contributed by atoms with van der Waals surface area (Å²) < 4.78 is 29.3. The Morgan fingerprint density at radius 1 is 1.36 bits per heavy atom. The van der Waals surface area contributed by atoms with Crippen LogP contribution in [0, 0.1) is 15.3 Å². The molecule has 0 bridgehead atoms. The molecule has 0 aliphatic rings. The number of aromatic nitrogens is 1. The van der Waals surface area contributed by atoms with Gasteiger partial charge in [-0.25, -0.2) is 5.43 Å². The van der Waals surface area contributed by atoms with Crippen LogP contribution in [0.2, 0.25) is 0 Å². The van der Waals surface area contributed by atoms with Gasteiger partial charge in [-0.2, -0.15) is 18.6 Å². The number of ether oxygens (including phenoxy) is 1. The second-order valence-corrected chi connectivity index (χ2v) is 4.47. The lowest BCUT2D eigenvalue weighted by molar-refractivity contribution is -0.607. The van der Waals surface area contributed by atoms with E-state index in [0.29, 0.717) is 4.73 Å². The average Bonchev–Trinajstić information content (AvgIpc) is 2.55. The molecule has 2 rings (SSSR count). The van der Waals surface area contributed by atoms with E-state index in [-0.39, 0.29) is 22.7 Å². The van der Waals surface area contributed by atoms with Gasteiger partial charge >= 0.3 is 12.5 Å². The molecule has 0 fully saturated rings. The number of carbonyl (C=O) groups is 1. The Morgan fingerprint density at radius 3 is 2.76 bits per heavy atom. The zero-order chi connectivity index (χ0) is 18.4. The number of rotatable bonds is 6. The van der Waals surface area contributed by atoms with Crippen molar-refractivity contribution in [2.45, 2.75) is 6.61 Å². The number of non-ortho nitro benzene ring substituents is 1. The zero-order valence-electron chi connectivity index (χ0n) is 12.3. The maximum Gasteiger partial charge on any atom is 0.387 e. The van der Waals surface area contributed by atoms with Crippen LogP contribution < -0.4 is 14.9 Å². The van der Waals surface area contributed by atoms with Crippen LogP contribution in [0.1, 0.15) is 16.1 Å². The lowest BCUT2D eigenvalue weighted by Gasteiger charge is -2.07. The van der Waals surface area contributed by atoms with Crippen molar-refractivity contribution < 1.29 is 28.0 Å². The van der Waals surface area contributed by atoms with Crippen molar-refractivity contribution in [2.75, 3.05) is 0 Å². The maximum atomic E-state index is 12.4. The van der Waals surface area contributed by atoms with Gasteiger partial charge in [0.2, 0.25) is 0 Å². The number of hydrogen-bond donors (Lipinski definition) is 1. The zero-order valence-corrected chi connectivity index (χ0v) is 12.3. The molecule has 0 saturated heterocycles. The first kappa shape index (κ1) is 17.7. The number of benzene rings is 1. The third-order valence-electron chi connectivity index (χ3n) is 2.85. The SMILES string of the molecule is O=C(NN=Cc1cc([N+](=O)[O-])ccc1OC(F)F)c1cccc[n+]1[O-]. The summed E-state index contributed by atoms with van der Waals surface area (Å²) in [6.07, 6.45) is 1.99. The van der Waals surface area contributed by atoms with Crippen LogP contribution in [-0.4, -0.2) is 23.7 Å². The Labute approximate surface area is 138 Å². The van der Waals surface area contributed by atoms with E-state index in [0.717, 1.165) is 30.6 Å². The van der Waals surface area contributed by atoms with Gasteiger partial charge in [0.05, 0.1) is 11.1 Å². The van der Waals surface area contributed by atoms with Gasteiger partial charge in [0.25, 0.3) is 11.4 Å². The monoisotopic (exact) mass is 352 g/mol. The molecule has 0 unspecified atom stereocenters.